The van der Waals surface area contributed by atoms with Gasteiger partial charge in [-0.15, -0.1) is 10.2 Å². The number of nitrogens with zero attached hydrogens (tertiary/aromatic N) is 5. The zero-order valence-corrected chi connectivity index (χ0v) is 13.0. The van der Waals surface area contributed by atoms with Crippen LogP contribution in [0.2, 0.25) is 0 Å². The molecule has 1 aromatic heterocycles. The van der Waals surface area contributed by atoms with E-state index in [4.69, 9.17) is 9.47 Å². The molecule has 1 aliphatic rings. The summed E-state index contributed by atoms with van der Waals surface area (Å²) in [6.07, 6.45) is -0.0821. The van der Waals surface area contributed by atoms with Gasteiger partial charge in [-0.2, -0.15) is 4.80 Å². The summed E-state index contributed by atoms with van der Waals surface area (Å²) in [6, 6.07) is 9.53. The van der Waals surface area contributed by atoms with Crippen LogP contribution in [0.4, 0.5) is 0 Å². The third-order valence-electron chi connectivity index (χ3n) is 3.55. The van der Waals surface area contributed by atoms with Gasteiger partial charge in [-0.25, -0.2) is 0 Å². The SMILES string of the molecule is CN(C[C@@H]1COCCO1)C(=O)Cn1nnc(-c2ccccc2)n1. The van der Waals surface area contributed by atoms with Gasteiger partial charge in [0.25, 0.3) is 0 Å². The van der Waals surface area contributed by atoms with Crippen molar-refractivity contribution < 1.29 is 14.3 Å². The van der Waals surface area contributed by atoms with Gasteiger partial charge in [0.2, 0.25) is 11.7 Å². The van der Waals surface area contributed by atoms with Crippen LogP contribution in [0.1, 0.15) is 0 Å². The van der Waals surface area contributed by atoms with Crippen molar-refractivity contribution in [3.8, 4) is 11.4 Å². The number of carbonyl (C=O) groups excluding carboxylic acids is 1. The molecule has 8 nitrogen and oxygen atoms in total. The molecule has 0 bridgehead atoms. The first kappa shape index (κ1) is 15.6. The van der Waals surface area contributed by atoms with Gasteiger partial charge in [-0.05, 0) is 5.21 Å². The van der Waals surface area contributed by atoms with Crippen LogP contribution in [0.3, 0.4) is 0 Å². The summed E-state index contributed by atoms with van der Waals surface area (Å²) in [6.45, 7) is 2.22. The van der Waals surface area contributed by atoms with Crippen LogP contribution < -0.4 is 0 Å². The van der Waals surface area contributed by atoms with Crippen molar-refractivity contribution in [2.24, 2.45) is 0 Å². The monoisotopic (exact) mass is 317 g/mol. The summed E-state index contributed by atoms with van der Waals surface area (Å²) in [5.41, 5.74) is 0.868. The van der Waals surface area contributed by atoms with Crippen LogP contribution in [-0.4, -0.2) is 70.5 Å². The molecule has 8 heteroatoms. The van der Waals surface area contributed by atoms with E-state index in [9.17, 15) is 4.79 Å². The number of benzene rings is 1. The van der Waals surface area contributed by atoms with Crippen LogP contribution in [0.25, 0.3) is 11.4 Å². The highest BCUT2D eigenvalue weighted by Gasteiger charge is 2.20. The van der Waals surface area contributed by atoms with Gasteiger partial charge in [0.05, 0.1) is 25.9 Å². The average molecular weight is 317 g/mol. The van der Waals surface area contributed by atoms with Crippen LogP contribution in [0.5, 0.6) is 0 Å². The van der Waals surface area contributed by atoms with Gasteiger partial charge in [0.1, 0.15) is 6.54 Å². The minimum Gasteiger partial charge on any atom is -0.376 e. The Morgan fingerprint density at radius 2 is 2.17 bits per heavy atom. The lowest BCUT2D eigenvalue weighted by atomic mass is 10.2. The molecular formula is C15H19N5O3. The van der Waals surface area contributed by atoms with E-state index in [1.54, 1.807) is 11.9 Å². The Morgan fingerprint density at radius 1 is 1.35 bits per heavy atom. The number of ether oxygens (including phenoxy) is 2. The Bertz CT molecular complexity index is 640. The van der Waals surface area contributed by atoms with Crippen LogP contribution >= 0.6 is 0 Å². The number of tetrazole rings is 1. The smallest absolute Gasteiger partial charge is 0.246 e. The van der Waals surface area contributed by atoms with Crippen molar-refractivity contribution in [1.29, 1.82) is 0 Å². The predicted molar refractivity (Wildman–Crippen MR) is 81.4 cm³/mol. The second kappa shape index (κ2) is 7.30. The van der Waals surface area contributed by atoms with E-state index in [2.05, 4.69) is 15.4 Å². The van der Waals surface area contributed by atoms with Crippen molar-refractivity contribution in [2.45, 2.75) is 12.6 Å². The van der Waals surface area contributed by atoms with Crippen molar-refractivity contribution in [3.05, 3.63) is 30.3 Å². The summed E-state index contributed by atoms with van der Waals surface area (Å²) in [7, 11) is 1.73. The van der Waals surface area contributed by atoms with Gasteiger partial charge >= 0.3 is 0 Å². The summed E-state index contributed by atoms with van der Waals surface area (Å²) in [4.78, 5) is 15.1. The van der Waals surface area contributed by atoms with Gasteiger partial charge in [-0.1, -0.05) is 30.3 Å². The molecule has 0 unspecified atom stereocenters. The molecule has 122 valence electrons. The molecule has 0 saturated carbocycles. The predicted octanol–water partition coefficient (Wildman–Crippen LogP) is 0.214. The maximum atomic E-state index is 12.2. The highest BCUT2D eigenvalue weighted by Crippen LogP contribution is 2.11. The highest BCUT2D eigenvalue weighted by atomic mass is 16.6. The fraction of sp³-hybridized carbons (Fsp3) is 0.467. The fourth-order valence-corrected chi connectivity index (χ4v) is 2.30. The van der Waals surface area contributed by atoms with E-state index in [0.29, 0.717) is 32.2 Å². The minimum atomic E-state index is -0.101. The molecule has 2 heterocycles. The van der Waals surface area contributed by atoms with E-state index in [1.807, 2.05) is 30.3 Å². The molecule has 1 fully saturated rings. The Kier molecular flexibility index (Phi) is 4.94. The molecule has 0 aliphatic carbocycles. The van der Waals surface area contributed by atoms with Crippen molar-refractivity contribution in [1.82, 2.24) is 25.1 Å². The molecule has 0 radical (unpaired) electrons. The van der Waals surface area contributed by atoms with Crippen LogP contribution in [0.15, 0.2) is 30.3 Å². The van der Waals surface area contributed by atoms with Crippen LogP contribution in [-0.2, 0) is 20.8 Å². The number of hydrogen-bond donors (Lipinski definition) is 0. The van der Waals surface area contributed by atoms with Gasteiger partial charge in [0.15, 0.2) is 0 Å². The Hall–Kier alpha value is -2.32. The lowest BCUT2D eigenvalue weighted by Gasteiger charge is -2.27. The number of rotatable bonds is 5. The molecular weight excluding hydrogens is 298 g/mol. The Morgan fingerprint density at radius 3 is 2.91 bits per heavy atom. The van der Waals surface area contributed by atoms with E-state index in [1.165, 1.54) is 4.80 Å². The maximum absolute atomic E-state index is 12.2. The van der Waals surface area contributed by atoms with Gasteiger partial charge < -0.3 is 14.4 Å². The highest BCUT2D eigenvalue weighted by molar-refractivity contribution is 5.75. The first-order valence-electron chi connectivity index (χ1n) is 7.49. The quantitative estimate of drug-likeness (QED) is 0.784. The Balaban J connectivity index is 1.56. The summed E-state index contributed by atoms with van der Waals surface area (Å²) in [5.74, 6) is 0.404. The number of likely N-dealkylation sites (N-methyl/N-ethyl adjacent to an activating group) is 1. The molecule has 23 heavy (non-hydrogen) atoms. The number of carbonyl (C=O) groups is 1. The zero-order chi connectivity index (χ0) is 16.1. The second-order valence-electron chi connectivity index (χ2n) is 5.35. The average Bonchev–Trinajstić information content (AvgIpc) is 3.05. The molecule has 1 aliphatic heterocycles. The molecule has 3 rings (SSSR count). The summed E-state index contributed by atoms with van der Waals surface area (Å²) >= 11 is 0. The zero-order valence-electron chi connectivity index (χ0n) is 13.0. The molecule has 1 aromatic carbocycles. The first-order chi connectivity index (χ1) is 11.2. The van der Waals surface area contributed by atoms with Crippen molar-refractivity contribution >= 4 is 5.91 Å². The minimum absolute atomic E-state index is 0.0455. The lowest BCUT2D eigenvalue weighted by molar-refractivity contribution is -0.137. The summed E-state index contributed by atoms with van der Waals surface area (Å²) in [5, 5.41) is 12.2. The van der Waals surface area contributed by atoms with Crippen molar-refractivity contribution in [3.63, 3.8) is 0 Å². The lowest BCUT2D eigenvalue weighted by Crippen LogP contribution is -2.42. The molecule has 1 saturated heterocycles. The summed E-state index contributed by atoms with van der Waals surface area (Å²) < 4.78 is 10.9. The largest absolute Gasteiger partial charge is 0.376 e. The maximum Gasteiger partial charge on any atom is 0.246 e. The van der Waals surface area contributed by atoms with Gasteiger partial charge in [0, 0.05) is 19.2 Å². The molecule has 1 amide bonds. The van der Waals surface area contributed by atoms with Gasteiger partial charge in [-0.3, -0.25) is 4.79 Å². The van der Waals surface area contributed by atoms with E-state index < -0.39 is 0 Å². The number of amides is 1. The fourth-order valence-electron chi connectivity index (χ4n) is 2.30. The number of aromatic nitrogens is 4. The normalized spacial score (nSPS) is 17.9. The number of hydrogen-bond acceptors (Lipinski definition) is 6. The molecule has 0 spiro atoms. The first-order valence-corrected chi connectivity index (χ1v) is 7.49. The van der Waals surface area contributed by atoms with E-state index in [-0.39, 0.29) is 18.6 Å². The van der Waals surface area contributed by atoms with Crippen LogP contribution in [0, 0.1) is 0 Å². The molecule has 0 N–H and O–H groups in total. The van der Waals surface area contributed by atoms with E-state index in [0.717, 1.165) is 5.56 Å². The van der Waals surface area contributed by atoms with Crippen molar-refractivity contribution in [2.75, 3.05) is 33.4 Å². The molecule has 2 aromatic rings. The third kappa shape index (κ3) is 4.11. The third-order valence-corrected chi connectivity index (χ3v) is 3.55. The van der Waals surface area contributed by atoms with E-state index >= 15 is 0 Å². The Labute approximate surface area is 134 Å². The second-order valence-corrected chi connectivity index (χ2v) is 5.35. The topological polar surface area (TPSA) is 82.4 Å². The standard InChI is InChI=1S/C15H19N5O3/c1-19(9-13-11-22-7-8-23-13)14(21)10-20-17-15(16-18-20)12-5-3-2-4-6-12/h2-6,13H,7-11H2,1H3/t13-/m1/s1. The molecule has 1 atom stereocenters.